The third-order valence-corrected chi connectivity index (χ3v) is 3.54. The van der Waals surface area contributed by atoms with Gasteiger partial charge in [-0.05, 0) is 29.7 Å². The van der Waals surface area contributed by atoms with E-state index in [4.69, 9.17) is 5.73 Å². The molecule has 0 unspecified atom stereocenters. The van der Waals surface area contributed by atoms with Crippen LogP contribution in [-0.4, -0.2) is 6.54 Å². The number of para-hydroxylation sites is 1. The summed E-state index contributed by atoms with van der Waals surface area (Å²) in [7, 11) is 0. The first kappa shape index (κ1) is 14.6. The Kier molecular flexibility index (Phi) is 5.63. The number of nitrogens with two attached hydrogens (primary N) is 1. The summed E-state index contributed by atoms with van der Waals surface area (Å²) in [6.45, 7) is 4.89. The molecule has 0 aromatic heterocycles. The van der Waals surface area contributed by atoms with Gasteiger partial charge >= 0.3 is 0 Å². The summed E-state index contributed by atoms with van der Waals surface area (Å²) in [4.78, 5) is 2.45. The number of unbranched alkanes of at least 4 members (excludes halogenated alkanes) is 1. The van der Waals surface area contributed by atoms with E-state index in [1.807, 2.05) is 0 Å². The maximum absolute atomic E-state index is 5.65. The van der Waals surface area contributed by atoms with E-state index in [0.717, 1.165) is 13.1 Å². The molecular formula is C18H24N2. The summed E-state index contributed by atoms with van der Waals surface area (Å²) in [5.41, 5.74) is 9.47. The minimum atomic E-state index is 0.610. The number of hydrogen-bond donors (Lipinski definition) is 1. The molecule has 0 saturated heterocycles. The molecule has 0 amide bonds. The molecule has 0 saturated carbocycles. The van der Waals surface area contributed by atoms with Crippen LogP contribution in [0.5, 0.6) is 0 Å². The van der Waals surface area contributed by atoms with Crippen LogP contribution in [0.2, 0.25) is 0 Å². The zero-order valence-corrected chi connectivity index (χ0v) is 12.3. The summed E-state index contributed by atoms with van der Waals surface area (Å²) in [5, 5.41) is 0. The van der Waals surface area contributed by atoms with Crippen LogP contribution in [0.15, 0.2) is 54.6 Å². The van der Waals surface area contributed by atoms with Crippen molar-refractivity contribution in [1.29, 1.82) is 0 Å². The van der Waals surface area contributed by atoms with Gasteiger partial charge in [-0.25, -0.2) is 0 Å². The first-order chi connectivity index (χ1) is 9.83. The van der Waals surface area contributed by atoms with Crippen LogP contribution in [0.3, 0.4) is 0 Å². The fourth-order valence-corrected chi connectivity index (χ4v) is 2.29. The lowest BCUT2D eigenvalue weighted by atomic mass is 10.1. The highest BCUT2D eigenvalue weighted by Gasteiger charge is 2.06. The van der Waals surface area contributed by atoms with Gasteiger partial charge in [0.2, 0.25) is 0 Å². The third kappa shape index (κ3) is 4.10. The first-order valence-corrected chi connectivity index (χ1v) is 7.41. The second-order valence-electron chi connectivity index (χ2n) is 5.13. The normalized spacial score (nSPS) is 10.5. The number of anilines is 1. The lowest BCUT2D eigenvalue weighted by Crippen LogP contribution is -2.23. The fraction of sp³-hybridized carbons (Fsp3) is 0.333. The lowest BCUT2D eigenvalue weighted by molar-refractivity contribution is 0.716. The first-order valence-electron chi connectivity index (χ1n) is 7.41. The molecule has 0 aliphatic rings. The predicted octanol–water partition coefficient (Wildman–Crippen LogP) is 3.95. The van der Waals surface area contributed by atoms with Gasteiger partial charge in [0.1, 0.15) is 0 Å². The Balaban J connectivity index is 2.10. The smallest absolute Gasteiger partial charge is 0.0429 e. The van der Waals surface area contributed by atoms with Gasteiger partial charge in [0, 0.05) is 25.3 Å². The van der Waals surface area contributed by atoms with Crippen molar-refractivity contribution in [2.75, 3.05) is 11.4 Å². The van der Waals surface area contributed by atoms with E-state index in [2.05, 4.69) is 66.4 Å². The second kappa shape index (κ2) is 7.71. The monoisotopic (exact) mass is 268 g/mol. The van der Waals surface area contributed by atoms with E-state index >= 15 is 0 Å². The van der Waals surface area contributed by atoms with Crippen LogP contribution in [0.4, 0.5) is 5.69 Å². The van der Waals surface area contributed by atoms with Crippen LogP contribution >= 0.6 is 0 Å². The maximum Gasteiger partial charge on any atom is 0.0429 e. The van der Waals surface area contributed by atoms with Gasteiger partial charge in [-0.1, -0.05) is 55.8 Å². The van der Waals surface area contributed by atoms with Crippen molar-refractivity contribution in [2.45, 2.75) is 32.9 Å². The summed E-state index contributed by atoms with van der Waals surface area (Å²) in [5.74, 6) is 0. The lowest BCUT2D eigenvalue weighted by Gasteiger charge is -2.25. The minimum Gasteiger partial charge on any atom is -0.367 e. The van der Waals surface area contributed by atoms with Gasteiger partial charge in [-0.3, -0.25) is 0 Å². The largest absolute Gasteiger partial charge is 0.367 e. The molecule has 2 heteroatoms. The van der Waals surface area contributed by atoms with E-state index in [9.17, 15) is 0 Å². The summed E-state index contributed by atoms with van der Waals surface area (Å²) in [6, 6.07) is 19.3. The van der Waals surface area contributed by atoms with Crippen molar-refractivity contribution in [2.24, 2.45) is 5.73 Å². The van der Waals surface area contributed by atoms with Crippen LogP contribution in [0.25, 0.3) is 0 Å². The SMILES string of the molecule is CCCCN(Cc1ccc(CN)cc1)c1ccccc1. The van der Waals surface area contributed by atoms with Crippen molar-refractivity contribution in [3.8, 4) is 0 Å². The predicted molar refractivity (Wildman–Crippen MR) is 86.7 cm³/mol. The quantitative estimate of drug-likeness (QED) is 0.823. The van der Waals surface area contributed by atoms with Gasteiger partial charge in [0.25, 0.3) is 0 Å². The molecule has 2 nitrogen and oxygen atoms in total. The van der Waals surface area contributed by atoms with E-state index in [1.165, 1.54) is 29.7 Å². The number of rotatable bonds is 7. The van der Waals surface area contributed by atoms with Gasteiger partial charge in [-0.2, -0.15) is 0 Å². The van der Waals surface area contributed by atoms with Crippen molar-refractivity contribution in [1.82, 2.24) is 0 Å². The molecule has 2 N–H and O–H groups in total. The average Bonchev–Trinajstić information content (AvgIpc) is 2.53. The number of hydrogen-bond acceptors (Lipinski definition) is 2. The molecule has 0 fully saturated rings. The van der Waals surface area contributed by atoms with Crippen LogP contribution in [0, 0.1) is 0 Å². The summed E-state index contributed by atoms with van der Waals surface area (Å²) >= 11 is 0. The molecule has 2 aromatic rings. The zero-order chi connectivity index (χ0) is 14.2. The molecule has 0 bridgehead atoms. The number of nitrogens with zero attached hydrogens (tertiary/aromatic N) is 1. The molecule has 106 valence electrons. The van der Waals surface area contributed by atoms with Crippen LogP contribution < -0.4 is 10.6 Å². The Labute approximate surface area is 122 Å². The van der Waals surface area contributed by atoms with Gasteiger partial charge < -0.3 is 10.6 Å². The highest BCUT2D eigenvalue weighted by atomic mass is 15.1. The molecule has 2 aromatic carbocycles. The summed E-state index contributed by atoms with van der Waals surface area (Å²) in [6.07, 6.45) is 2.44. The zero-order valence-electron chi connectivity index (χ0n) is 12.3. The van der Waals surface area contributed by atoms with E-state index in [0.29, 0.717) is 6.54 Å². The van der Waals surface area contributed by atoms with Crippen LogP contribution in [0.1, 0.15) is 30.9 Å². The van der Waals surface area contributed by atoms with Crippen molar-refractivity contribution in [3.05, 3.63) is 65.7 Å². The molecule has 0 aliphatic heterocycles. The highest BCUT2D eigenvalue weighted by Crippen LogP contribution is 2.18. The highest BCUT2D eigenvalue weighted by molar-refractivity contribution is 5.46. The summed E-state index contributed by atoms with van der Waals surface area (Å²) < 4.78 is 0. The molecular weight excluding hydrogens is 244 g/mol. The standard InChI is InChI=1S/C18H24N2/c1-2-3-13-20(18-7-5-4-6-8-18)15-17-11-9-16(14-19)10-12-17/h4-12H,2-3,13-15,19H2,1H3. The Morgan fingerprint density at radius 1 is 0.900 bits per heavy atom. The Bertz CT molecular complexity index is 491. The molecule has 0 heterocycles. The number of benzene rings is 2. The Morgan fingerprint density at radius 3 is 2.15 bits per heavy atom. The molecule has 0 atom stereocenters. The molecule has 0 spiro atoms. The third-order valence-electron chi connectivity index (χ3n) is 3.54. The van der Waals surface area contributed by atoms with E-state index < -0.39 is 0 Å². The average molecular weight is 268 g/mol. The van der Waals surface area contributed by atoms with E-state index in [-0.39, 0.29) is 0 Å². The topological polar surface area (TPSA) is 29.3 Å². The molecule has 20 heavy (non-hydrogen) atoms. The Morgan fingerprint density at radius 2 is 1.55 bits per heavy atom. The van der Waals surface area contributed by atoms with Crippen molar-refractivity contribution >= 4 is 5.69 Å². The fourth-order valence-electron chi connectivity index (χ4n) is 2.29. The van der Waals surface area contributed by atoms with Gasteiger partial charge in [-0.15, -0.1) is 0 Å². The molecule has 0 aliphatic carbocycles. The second-order valence-corrected chi connectivity index (χ2v) is 5.13. The molecule has 2 rings (SSSR count). The van der Waals surface area contributed by atoms with Gasteiger partial charge in [0.15, 0.2) is 0 Å². The van der Waals surface area contributed by atoms with Gasteiger partial charge in [0.05, 0.1) is 0 Å². The Hall–Kier alpha value is -1.80. The van der Waals surface area contributed by atoms with Crippen molar-refractivity contribution < 1.29 is 0 Å². The van der Waals surface area contributed by atoms with Crippen molar-refractivity contribution in [3.63, 3.8) is 0 Å². The van der Waals surface area contributed by atoms with Crippen LogP contribution in [-0.2, 0) is 13.1 Å². The minimum absolute atomic E-state index is 0.610. The van der Waals surface area contributed by atoms with E-state index in [1.54, 1.807) is 0 Å². The maximum atomic E-state index is 5.65. The molecule has 0 radical (unpaired) electrons.